The van der Waals surface area contributed by atoms with Gasteiger partial charge in [0, 0.05) is 23.7 Å². The number of aromatic amines is 1. The van der Waals surface area contributed by atoms with Gasteiger partial charge in [-0.05, 0) is 39.2 Å². The van der Waals surface area contributed by atoms with Gasteiger partial charge in [-0.25, -0.2) is 9.37 Å². The quantitative estimate of drug-likeness (QED) is 0.938. The minimum Gasteiger partial charge on any atom is -0.481 e. The highest BCUT2D eigenvalue weighted by atomic mass is 19.1. The van der Waals surface area contributed by atoms with Gasteiger partial charge in [-0.2, -0.15) is 5.10 Å². The Hall–Kier alpha value is -2.44. The molecule has 7 heteroatoms. The van der Waals surface area contributed by atoms with Crippen molar-refractivity contribution in [2.24, 2.45) is 0 Å². The first-order chi connectivity index (χ1) is 11.4. The number of hydrogen-bond acceptors (Lipinski definition) is 4. The second-order valence-corrected chi connectivity index (χ2v) is 6.60. The minimum absolute atomic E-state index is 0.111. The number of nitrogens with zero attached hydrogens (tertiary/aromatic N) is 3. The molecule has 0 spiro atoms. The van der Waals surface area contributed by atoms with Crippen molar-refractivity contribution in [3.8, 4) is 17.1 Å². The predicted molar refractivity (Wildman–Crippen MR) is 87.3 cm³/mol. The Labute approximate surface area is 140 Å². The first-order valence-corrected chi connectivity index (χ1v) is 7.99. The first kappa shape index (κ1) is 16.4. The van der Waals surface area contributed by atoms with Crippen molar-refractivity contribution in [3.63, 3.8) is 0 Å². The molecule has 24 heavy (non-hydrogen) atoms. The number of piperidine rings is 1. The van der Waals surface area contributed by atoms with Crippen LogP contribution in [0.5, 0.6) is 5.88 Å². The van der Waals surface area contributed by atoms with Gasteiger partial charge in [0.25, 0.3) is 5.91 Å². The number of methoxy groups -OCH3 is 1. The third kappa shape index (κ3) is 2.98. The molecular weight excluding hydrogens is 311 g/mol. The number of likely N-dealkylation sites (tertiary alicyclic amines) is 1. The average Bonchev–Trinajstić information content (AvgIpc) is 3.04. The molecule has 6 nitrogen and oxygen atoms in total. The van der Waals surface area contributed by atoms with Crippen LogP contribution in [0.25, 0.3) is 11.3 Å². The second-order valence-electron chi connectivity index (χ2n) is 6.60. The zero-order valence-corrected chi connectivity index (χ0v) is 14.1. The molecule has 0 unspecified atom stereocenters. The normalized spacial score (nSPS) is 16.9. The van der Waals surface area contributed by atoms with Crippen molar-refractivity contribution in [1.82, 2.24) is 20.1 Å². The highest BCUT2D eigenvalue weighted by Crippen LogP contribution is 2.30. The number of aromatic nitrogens is 3. The smallest absolute Gasteiger partial charge is 0.272 e. The van der Waals surface area contributed by atoms with Crippen LogP contribution in [0.15, 0.2) is 18.3 Å². The molecule has 0 bridgehead atoms. The van der Waals surface area contributed by atoms with Crippen LogP contribution in [-0.2, 0) is 0 Å². The molecule has 1 fully saturated rings. The molecule has 1 amide bonds. The van der Waals surface area contributed by atoms with Crippen molar-refractivity contribution in [1.29, 1.82) is 0 Å². The fourth-order valence-electron chi connectivity index (χ4n) is 3.08. The van der Waals surface area contributed by atoms with E-state index >= 15 is 0 Å². The molecule has 1 saturated heterocycles. The maximum Gasteiger partial charge on any atom is 0.272 e. The van der Waals surface area contributed by atoms with E-state index in [0.717, 1.165) is 32.0 Å². The molecule has 0 aliphatic carbocycles. The summed E-state index contributed by atoms with van der Waals surface area (Å²) in [5.74, 6) is -0.334. The number of amides is 1. The third-order valence-electron chi connectivity index (χ3n) is 4.52. The highest BCUT2D eigenvalue weighted by molar-refractivity contribution is 5.94. The Bertz CT molecular complexity index is 757. The Morgan fingerprint density at radius 2 is 2.17 bits per heavy atom. The van der Waals surface area contributed by atoms with Crippen LogP contribution in [0.3, 0.4) is 0 Å². The van der Waals surface area contributed by atoms with E-state index in [0.29, 0.717) is 17.3 Å². The Morgan fingerprint density at radius 3 is 2.88 bits per heavy atom. The Balaban J connectivity index is 1.89. The summed E-state index contributed by atoms with van der Waals surface area (Å²) in [6.45, 7) is 4.85. The molecule has 1 N–H and O–H groups in total. The van der Waals surface area contributed by atoms with Crippen molar-refractivity contribution in [2.45, 2.75) is 38.6 Å². The minimum atomic E-state index is -0.514. The van der Waals surface area contributed by atoms with E-state index < -0.39 is 5.82 Å². The molecule has 1 aliphatic rings. The summed E-state index contributed by atoms with van der Waals surface area (Å²) in [4.78, 5) is 18.5. The lowest BCUT2D eigenvalue weighted by Gasteiger charge is -2.42. The third-order valence-corrected chi connectivity index (χ3v) is 4.52. The van der Waals surface area contributed by atoms with E-state index in [1.807, 2.05) is 4.90 Å². The second kappa shape index (κ2) is 6.22. The van der Waals surface area contributed by atoms with Gasteiger partial charge in [0.15, 0.2) is 5.82 Å². The zero-order chi connectivity index (χ0) is 17.3. The van der Waals surface area contributed by atoms with Crippen molar-refractivity contribution >= 4 is 5.91 Å². The largest absolute Gasteiger partial charge is 0.481 e. The lowest BCUT2D eigenvalue weighted by Crippen LogP contribution is -2.50. The van der Waals surface area contributed by atoms with Gasteiger partial charge in [0.1, 0.15) is 5.69 Å². The molecule has 0 radical (unpaired) electrons. The molecule has 3 heterocycles. The summed E-state index contributed by atoms with van der Waals surface area (Å²) in [5.41, 5.74) is 0.766. The molecule has 1 aliphatic heterocycles. The maximum absolute atomic E-state index is 14.0. The summed E-state index contributed by atoms with van der Waals surface area (Å²) < 4.78 is 19.0. The van der Waals surface area contributed by atoms with Gasteiger partial charge in [-0.15, -0.1) is 0 Å². The molecule has 2 aromatic rings. The van der Waals surface area contributed by atoms with Crippen LogP contribution in [0.4, 0.5) is 4.39 Å². The summed E-state index contributed by atoms with van der Waals surface area (Å²) in [7, 11) is 1.46. The first-order valence-electron chi connectivity index (χ1n) is 7.99. The number of rotatable bonds is 3. The predicted octanol–water partition coefficient (Wildman–Crippen LogP) is 3.02. The van der Waals surface area contributed by atoms with Crippen molar-refractivity contribution in [2.75, 3.05) is 13.7 Å². The van der Waals surface area contributed by atoms with Crippen molar-refractivity contribution < 1.29 is 13.9 Å². The van der Waals surface area contributed by atoms with Crippen LogP contribution in [0.2, 0.25) is 0 Å². The van der Waals surface area contributed by atoms with E-state index in [-0.39, 0.29) is 17.0 Å². The van der Waals surface area contributed by atoms with Crippen LogP contribution in [0, 0.1) is 5.82 Å². The summed E-state index contributed by atoms with van der Waals surface area (Å²) in [6.07, 6.45) is 4.16. The number of ether oxygens (including phenoxy) is 1. The van der Waals surface area contributed by atoms with E-state index in [1.54, 1.807) is 6.07 Å². The fraction of sp³-hybridized carbons (Fsp3) is 0.471. The molecule has 0 atom stereocenters. The zero-order valence-electron chi connectivity index (χ0n) is 14.1. The van der Waals surface area contributed by atoms with Crippen LogP contribution in [-0.4, -0.2) is 45.2 Å². The van der Waals surface area contributed by atoms with E-state index in [2.05, 4.69) is 29.0 Å². The number of carbonyl (C=O) groups excluding carboxylic acids is 1. The topological polar surface area (TPSA) is 71.1 Å². The van der Waals surface area contributed by atoms with Crippen LogP contribution >= 0.6 is 0 Å². The summed E-state index contributed by atoms with van der Waals surface area (Å²) >= 11 is 0. The number of carbonyl (C=O) groups is 1. The molecule has 128 valence electrons. The van der Waals surface area contributed by atoms with Gasteiger partial charge in [-0.3, -0.25) is 9.89 Å². The standard InChI is InChI=1S/C17H21FN4O2/c1-17(2)6-4-5-7-22(17)16(23)14-9-13(20-21-14)11-8-15(24-3)19-10-12(11)18/h8-10H,4-7H2,1-3H3,(H,20,21). The maximum atomic E-state index is 14.0. The molecular formula is C17H21FN4O2. The van der Waals surface area contributed by atoms with Crippen molar-refractivity contribution in [3.05, 3.63) is 29.8 Å². The van der Waals surface area contributed by atoms with Gasteiger partial charge < -0.3 is 9.64 Å². The fourth-order valence-corrected chi connectivity index (χ4v) is 3.08. The molecule has 2 aromatic heterocycles. The molecule has 0 saturated carbocycles. The van der Waals surface area contributed by atoms with Crippen LogP contribution in [0.1, 0.15) is 43.6 Å². The van der Waals surface area contributed by atoms with E-state index in [1.165, 1.54) is 13.2 Å². The summed E-state index contributed by atoms with van der Waals surface area (Å²) in [6, 6.07) is 3.04. The number of nitrogens with one attached hydrogen (secondary N) is 1. The van der Waals surface area contributed by atoms with Gasteiger partial charge in [0.05, 0.1) is 19.0 Å². The number of halogens is 1. The van der Waals surface area contributed by atoms with Gasteiger partial charge in [0.2, 0.25) is 5.88 Å². The van der Waals surface area contributed by atoms with E-state index in [9.17, 15) is 9.18 Å². The van der Waals surface area contributed by atoms with Gasteiger partial charge in [-0.1, -0.05) is 0 Å². The number of H-pyrrole nitrogens is 1. The molecule has 0 aromatic carbocycles. The SMILES string of the molecule is COc1cc(-c2cc(C(=O)N3CCCCC3(C)C)[nH]n2)c(F)cn1. The monoisotopic (exact) mass is 332 g/mol. The highest BCUT2D eigenvalue weighted by Gasteiger charge is 2.34. The number of hydrogen-bond donors (Lipinski definition) is 1. The Morgan fingerprint density at radius 1 is 1.38 bits per heavy atom. The average molecular weight is 332 g/mol. The summed E-state index contributed by atoms with van der Waals surface area (Å²) in [5, 5.41) is 6.83. The number of pyridine rings is 1. The lowest BCUT2D eigenvalue weighted by atomic mass is 9.90. The lowest BCUT2D eigenvalue weighted by molar-refractivity contribution is 0.0427. The molecule has 3 rings (SSSR count). The Kier molecular flexibility index (Phi) is 4.26. The van der Waals surface area contributed by atoms with Gasteiger partial charge >= 0.3 is 0 Å². The van der Waals surface area contributed by atoms with Crippen LogP contribution < -0.4 is 4.74 Å². The van der Waals surface area contributed by atoms with E-state index in [4.69, 9.17) is 4.74 Å².